The number of carbonyl (C=O) groups is 1. The Bertz CT molecular complexity index is 466. The molecule has 20 heavy (non-hydrogen) atoms. The highest BCUT2D eigenvalue weighted by Crippen LogP contribution is 2.21. The summed E-state index contributed by atoms with van der Waals surface area (Å²) >= 11 is 3.54. The van der Waals surface area contributed by atoms with E-state index >= 15 is 0 Å². The molecule has 0 amide bonds. The Kier molecular flexibility index (Phi) is 5.57. The monoisotopic (exact) mass is 341 g/mol. The number of β-amino-alcohol motifs (C(OH)–C–C–N with tert-alkyl or cyclic N) is 1. The van der Waals surface area contributed by atoms with Crippen molar-refractivity contribution in [3.63, 3.8) is 0 Å². The first kappa shape index (κ1) is 15.5. The third-order valence-electron chi connectivity index (χ3n) is 3.70. The fourth-order valence-electron chi connectivity index (χ4n) is 2.68. The fraction of sp³-hybridized carbons (Fsp3) is 0.533. The molecule has 1 fully saturated rings. The number of carbonyl (C=O) groups excluding carboxylic acids is 1. The second kappa shape index (κ2) is 7.20. The molecule has 1 aromatic carbocycles. The van der Waals surface area contributed by atoms with Gasteiger partial charge in [0.1, 0.15) is 6.04 Å². The summed E-state index contributed by atoms with van der Waals surface area (Å²) in [7, 11) is 1.40. The van der Waals surface area contributed by atoms with E-state index in [1.807, 2.05) is 23.1 Å². The first-order chi connectivity index (χ1) is 9.61. The number of aliphatic hydroxyl groups is 1. The molecule has 1 aliphatic heterocycles. The van der Waals surface area contributed by atoms with Crippen molar-refractivity contribution in [2.24, 2.45) is 0 Å². The van der Waals surface area contributed by atoms with Crippen molar-refractivity contribution in [1.29, 1.82) is 0 Å². The number of rotatable bonds is 5. The third kappa shape index (κ3) is 3.81. The normalized spacial score (nSPS) is 22.9. The van der Waals surface area contributed by atoms with Gasteiger partial charge in [-0.25, -0.2) is 0 Å². The highest BCUT2D eigenvalue weighted by molar-refractivity contribution is 9.10. The molecule has 0 aliphatic carbocycles. The predicted octanol–water partition coefficient (Wildman–Crippen LogP) is 1.99. The fourth-order valence-corrected chi connectivity index (χ4v) is 3.16. The van der Waals surface area contributed by atoms with Gasteiger partial charge in [0.25, 0.3) is 0 Å². The van der Waals surface area contributed by atoms with Crippen molar-refractivity contribution in [2.45, 2.75) is 31.4 Å². The van der Waals surface area contributed by atoms with Gasteiger partial charge in [-0.1, -0.05) is 34.1 Å². The van der Waals surface area contributed by atoms with Gasteiger partial charge < -0.3 is 9.84 Å². The highest BCUT2D eigenvalue weighted by atomic mass is 79.9. The third-order valence-corrected chi connectivity index (χ3v) is 4.48. The molecule has 110 valence electrons. The van der Waals surface area contributed by atoms with Crippen LogP contribution in [0.25, 0.3) is 0 Å². The topological polar surface area (TPSA) is 49.8 Å². The second-order valence-electron chi connectivity index (χ2n) is 5.12. The average molecular weight is 342 g/mol. The number of methoxy groups -OCH3 is 1. The molecule has 2 rings (SSSR count). The van der Waals surface area contributed by atoms with Gasteiger partial charge in [-0.05, 0) is 31.0 Å². The van der Waals surface area contributed by atoms with E-state index < -0.39 is 6.10 Å². The predicted molar refractivity (Wildman–Crippen MR) is 80.5 cm³/mol. The van der Waals surface area contributed by atoms with Crippen LogP contribution in [0.5, 0.6) is 0 Å². The molecule has 1 N–H and O–H groups in total. The molecule has 0 radical (unpaired) electrons. The summed E-state index contributed by atoms with van der Waals surface area (Å²) in [6.07, 6.45) is 1.94. The minimum absolute atomic E-state index is 0.248. The van der Waals surface area contributed by atoms with Crippen LogP contribution in [0.2, 0.25) is 0 Å². The zero-order valence-electron chi connectivity index (χ0n) is 11.6. The highest BCUT2D eigenvalue weighted by Gasteiger charge is 2.36. The van der Waals surface area contributed by atoms with E-state index in [0.717, 1.165) is 23.9 Å². The van der Waals surface area contributed by atoms with Crippen molar-refractivity contribution < 1.29 is 14.6 Å². The SMILES string of the molecule is COC(=O)[C@@H]1C[C@H](O)CN1CCCc1ccccc1Br. The number of aliphatic hydroxyl groups excluding tert-OH is 1. The van der Waals surface area contributed by atoms with Crippen LogP contribution >= 0.6 is 15.9 Å². The zero-order valence-corrected chi connectivity index (χ0v) is 13.2. The van der Waals surface area contributed by atoms with Crippen LogP contribution in [0.15, 0.2) is 28.7 Å². The van der Waals surface area contributed by atoms with Crippen LogP contribution in [0.4, 0.5) is 0 Å². The Morgan fingerprint density at radius 3 is 2.95 bits per heavy atom. The first-order valence-electron chi connectivity index (χ1n) is 6.85. The van der Waals surface area contributed by atoms with E-state index in [1.54, 1.807) is 0 Å². The summed E-state index contributed by atoms with van der Waals surface area (Å²) < 4.78 is 5.91. The van der Waals surface area contributed by atoms with E-state index in [2.05, 4.69) is 22.0 Å². The first-order valence-corrected chi connectivity index (χ1v) is 7.64. The van der Waals surface area contributed by atoms with Crippen molar-refractivity contribution in [2.75, 3.05) is 20.2 Å². The second-order valence-corrected chi connectivity index (χ2v) is 5.97. The van der Waals surface area contributed by atoms with Crippen LogP contribution in [0.1, 0.15) is 18.4 Å². The van der Waals surface area contributed by atoms with Gasteiger partial charge in [-0.15, -0.1) is 0 Å². The maximum absolute atomic E-state index is 11.7. The van der Waals surface area contributed by atoms with Crippen molar-refractivity contribution in [1.82, 2.24) is 4.90 Å². The number of ether oxygens (including phenoxy) is 1. The van der Waals surface area contributed by atoms with Gasteiger partial charge in [0.15, 0.2) is 0 Å². The molecule has 0 bridgehead atoms. The average Bonchev–Trinajstić information content (AvgIpc) is 2.81. The number of hydrogen-bond donors (Lipinski definition) is 1. The van der Waals surface area contributed by atoms with Crippen LogP contribution in [0, 0.1) is 0 Å². The zero-order chi connectivity index (χ0) is 14.5. The summed E-state index contributed by atoms with van der Waals surface area (Å²) in [6.45, 7) is 1.34. The maximum atomic E-state index is 11.7. The van der Waals surface area contributed by atoms with E-state index in [1.165, 1.54) is 12.7 Å². The lowest BCUT2D eigenvalue weighted by atomic mass is 10.1. The van der Waals surface area contributed by atoms with Crippen molar-refractivity contribution >= 4 is 21.9 Å². The van der Waals surface area contributed by atoms with Crippen LogP contribution in [-0.2, 0) is 16.0 Å². The Hall–Kier alpha value is -0.910. The number of benzene rings is 1. The largest absolute Gasteiger partial charge is 0.468 e. The quantitative estimate of drug-likeness (QED) is 0.832. The van der Waals surface area contributed by atoms with Gasteiger partial charge in [0.2, 0.25) is 0 Å². The van der Waals surface area contributed by atoms with E-state index in [0.29, 0.717) is 13.0 Å². The summed E-state index contributed by atoms with van der Waals surface area (Å²) in [6, 6.07) is 7.86. The summed E-state index contributed by atoms with van der Waals surface area (Å²) in [5, 5.41) is 9.72. The Morgan fingerprint density at radius 2 is 2.25 bits per heavy atom. The number of halogens is 1. The minimum Gasteiger partial charge on any atom is -0.468 e. The van der Waals surface area contributed by atoms with Gasteiger partial charge >= 0.3 is 5.97 Å². The lowest BCUT2D eigenvalue weighted by molar-refractivity contribution is -0.145. The standard InChI is InChI=1S/C15H20BrNO3/c1-20-15(19)14-9-12(18)10-17(14)8-4-6-11-5-2-3-7-13(11)16/h2-3,5,7,12,14,18H,4,6,8-10H2,1H3/t12-,14-/m0/s1. The molecule has 0 spiro atoms. The van der Waals surface area contributed by atoms with E-state index in [-0.39, 0.29) is 12.0 Å². The Balaban J connectivity index is 1.87. The smallest absolute Gasteiger partial charge is 0.323 e. The van der Waals surface area contributed by atoms with Crippen molar-refractivity contribution in [3.8, 4) is 0 Å². The molecule has 0 saturated carbocycles. The summed E-state index contributed by atoms with van der Waals surface area (Å²) in [4.78, 5) is 13.7. The van der Waals surface area contributed by atoms with Crippen LogP contribution < -0.4 is 0 Å². The molecule has 2 atom stereocenters. The van der Waals surface area contributed by atoms with Gasteiger partial charge in [0, 0.05) is 17.4 Å². The molecule has 1 aromatic rings. The lowest BCUT2D eigenvalue weighted by Crippen LogP contribution is -2.37. The van der Waals surface area contributed by atoms with Crippen LogP contribution in [-0.4, -0.2) is 48.3 Å². The number of aryl methyl sites for hydroxylation is 1. The van der Waals surface area contributed by atoms with Gasteiger partial charge in [-0.3, -0.25) is 9.69 Å². The molecule has 0 unspecified atom stereocenters. The molecule has 5 heteroatoms. The van der Waals surface area contributed by atoms with Crippen LogP contribution in [0.3, 0.4) is 0 Å². The van der Waals surface area contributed by atoms with Gasteiger partial charge in [-0.2, -0.15) is 0 Å². The minimum atomic E-state index is -0.428. The number of likely N-dealkylation sites (tertiary alicyclic amines) is 1. The van der Waals surface area contributed by atoms with E-state index in [9.17, 15) is 9.90 Å². The molecule has 1 saturated heterocycles. The summed E-state index contributed by atoms with van der Waals surface area (Å²) in [5.41, 5.74) is 1.27. The Labute approximate surface area is 127 Å². The molecule has 1 heterocycles. The lowest BCUT2D eigenvalue weighted by Gasteiger charge is -2.21. The Morgan fingerprint density at radius 1 is 1.50 bits per heavy atom. The molecular formula is C15H20BrNO3. The summed E-state index contributed by atoms with van der Waals surface area (Å²) in [5.74, 6) is -0.248. The molecule has 0 aromatic heterocycles. The maximum Gasteiger partial charge on any atom is 0.323 e. The number of hydrogen-bond acceptors (Lipinski definition) is 4. The molecule has 1 aliphatic rings. The number of nitrogens with zero attached hydrogens (tertiary/aromatic N) is 1. The van der Waals surface area contributed by atoms with Crippen molar-refractivity contribution in [3.05, 3.63) is 34.3 Å². The molecular weight excluding hydrogens is 322 g/mol. The van der Waals surface area contributed by atoms with E-state index in [4.69, 9.17) is 4.74 Å². The van der Waals surface area contributed by atoms with Gasteiger partial charge in [0.05, 0.1) is 13.2 Å². The molecule has 4 nitrogen and oxygen atoms in total. The number of esters is 1.